The Balaban J connectivity index is 1.39. The topological polar surface area (TPSA) is 95.9 Å². The average Bonchev–Trinajstić information content (AvgIpc) is 3.41. The number of carbonyl (C=O) groups excluding carboxylic acids is 1. The van der Waals surface area contributed by atoms with Crippen molar-refractivity contribution in [2.24, 2.45) is 0 Å². The van der Waals surface area contributed by atoms with Crippen LogP contribution in [-0.4, -0.2) is 34.7 Å². The first kappa shape index (κ1) is 16.0. The summed E-state index contributed by atoms with van der Waals surface area (Å²) >= 11 is 0. The molecule has 0 aliphatic rings. The Hall–Kier alpha value is -3.48. The van der Waals surface area contributed by atoms with Crippen LogP contribution in [0.2, 0.25) is 0 Å². The molecule has 0 saturated carbocycles. The van der Waals surface area contributed by atoms with Crippen LogP contribution >= 0.6 is 0 Å². The van der Waals surface area contributed by atoms with Crippen LogP contribution in [0.1, 0.15) is 16.1 Å². The normalized spacial score (nSPS) is 11.0. The molecule has 3 heterocycles. The largest absolute Gasteiger partial charge is 0.497 e. The van der Waals surface area contributed by atoms with Gasteiger partial charge in [-0.15, -0.1) is 0 Å². The van der Waals surface area contributed by atoms with E-state index in [-0.39, 0.29) is 5.91 Å². The molecule has 0 aliphatic heterocycles. The van der Waals surface area contributed by atoms with Crippen LogP contribution in [0.4, 0.5) is 0 Å². The van der Waals surface area contributed by atoms with Gasteiger partial charge in [-0.05, 0) is 42.3 Å². The van der Waals surface area contributed by atoms with Crippen LogP contribution in [0.15, 0.2) is 53.3 Å². The summed E-state index contributed by atoms with van der Waals surface area (Å²) in [4.78, 5) is 15.5. The Morgan fingerprint density at radius 1 is 1.31 bits per heavy atom. The Morgan fingerprint density at radius 3 is 3.04 bits per heavy atom. The standard InChI is InChI=1S/C19H18N4O3/c1-25-13-4-5-15-14(9-13)12(11-21-15)6-7-20-19(24)17-10-16(22-23-17)18-3-2-8-26-18/h2-5,8-11,21H,6-7H2,1H3,(H,20,24)(H,22,23). The first-order chi connectivity index (χ1) is 12.7. The fourth-order valence-electron chi connectivity index (χ4n) is 2.89. The highest BCUT2D eigenvalue weighted by atomic mass is 16.5. The highest BCUT2D eigenvalue weighted by Gasteiger charge is 2.13. The zero-order valence-electron chi connectivity index (χ0n) is 14.2. The zero-order chi connectivity index (χ0) is 17.9. The van der Waals surface area contributed by atoms with Crippen LogP contribution in [0.3, 0.4) is 0 Å². The smallest absolute Gasteiger partial charge is 0.271 e. The van der Waals surface area contributed by atoms with Crippen LogP contribution < -0.4 is 10.1 Å². The van der Waals surface area contributed by atoms with Crippen LogP contribution in [0.5, 0.6) is 5.75 Å². The SMILES string of the molecule is COc1ccc2[nH]cc(CCNC(=O)c3cc(-c4ccco4)[nH]n3)c2c1. The number of methoxy groups -OCH3 is 1. The second-order valence-electron chi connectivity index (χ2n) is 5.88. The summed E-state index contributed by atoms with van der Waals surface area (Å²) in [6.07, 6.45) is 4.24. The summed E-state index contributed by atoms with van der Waals surface area (Å²) in [5.74, 6) is 1.23. The molecule has 7 heteroatoms. The molecule has 0 aliphatic carbocycles. The van der Waals surface area contributed by atoms with Gasteiger partial charge >= 0.3 is 0 Å². The molecule has 0 saturated heterocycles. The van der Waals surface area contributed by atoms with E-state index in [9.17, 15) is 4.79 Å². The number of benzene rings is 1. The number of ether oxygens (including phenoxy) is 1. The summed E-state index contributed by atoms with van der Waals surface area (Å²) < 4.78 is 10.6. The van der Waals surface area contributed by atoms with E-state index in [1.54, 1.807) is 31.6 Å². The number of H-pyrrole nitrogens is 2. The summed E-state index contributed by atoms with van der Waals surface area (Å²) in [6.45, 7) is 0.506. The van der Waals surface area contributed by atoms with Crippen molar-refractivity contribution in [3.05, 3.63) is 60.1 Å². The van der Waals surface area contributed by atoms with Crippen molar-refractivity contribution in [1.82, 2.24) is 20.5 Å². The van der Waals surface area contributed by atoms with Gasteiger partial charge in [0.2, 0.25) is 0 Å². The van der Waals surface area contributed by atoms with Gasteiger partial charge in [-0.1, -0.05) is 0 Å². The molecule has 0 spiro atoms. The highest BCUT2D eigenvalue weighted by Crippen LogP contribution is 2.23. The minimum Gasteiger partial charge on any atom is -0.497 e. The van der Waals surface area contributed by atoms with Crippen LogP contribution in [-0.2, 0) is 6.42 Å². The number of hydrogen-bond acceptors (Lipinski definition) is 4. The van der Waals surface area contributed by atoms with E-state index in [1.807, 2.05) is 24.4 Å². The maximum Gasteiger partial charge on any atom is 0.271 e. The van der Waals surface area contributed by atoms with Gasteiger partial charge in [-0.3, -0.25) is 9.89 Å². The van der Waals surface area contributed by atoms with E-state index < -0.39 is 0 Å². The van der Waals surface area contributed by atoms with Crippen molar-refractivity contribution in [2.75, 3.05) is 13.7 Å². The van der Waals surface area contributed by atoms with Gasteiger partial charge in [-0.2, -0.15) is 5.10 Å². The summed E-state index contributed by atoms with van der Waals surface area (Å²) in [5, 5.41) is 10.8. The molecule has 7 nitrogen and oxygen atoms in total. The van der Waals surface area contributed by atoms with E-state index in [1.165, 1.54) is 0 Å². The molecule has 26 heavy (non-hydrogen) atoms. The molecule has 0 radical (unpaired) electrons. The van der Waals surface area contributed by atoms with Gasteiger partial charge in [0.1, 0.15) is 11.4 Å². The molecule has 4 aromatic rings. The molecule has 1 amide bonds. The quantitative estimate of drug-likeness (QED) is 0.498. The maximum atomic E-state index is 12.3. The molecule has 0 bridgehead atoms. The van der Waals surface area contributed by atoms with Crippen molar-refractivity contribution in [2.45, 2.75) is 6.42 Å². The number of amides is 1. The van der Waals surface area contributed by atoms with Crippen molar-refractivity contribution in [3.63, 3.8) is 0 Å². The predicted molar refractivity (Wildman–Crippen MR) is 97.2 cm³/mol. The van der Waals surface area contributed by atoms with Gasteiger partial charge in [0.15, 0.2) is 11.5 Å². The first-order valence-electron chi connectivity index (χ1n) is 8.26. The number of hydrogen-bond donors (Lipinski definition) is 3. The fourth-order valence-corrected chi connectivity index (χ4v) is 2.89. The first-order valence-corrected chi connectivity index (χ1v) is 8.26. The number of fused-ring (bicyclic) bond motifs is 1. The van der Waals surface area contributed by atoms with Gasteiger partial charge in [-0.25, -0.2) is 0 Å². The molecule has 0 unspecified atom stereocenters. The minimum absolute atomic E-state index is 0.225. The lowest BCUT2D eigenvalue weighted by molar-refractivity contribution is 0.0949. The van der Waals surface area contributed by atoms with Crippen molar-refractivity contribution >= 4 is 16.8 Å². The van der Waals surface area contributed by atoms with Crippen molar-refractivity contribution in [3.8, 4) is 17.2 Å². The lowest BCUT2D eigenvalue weighted by atomic mass is 10.1. The Bertz CT molecular complexity index is 1030. The fraction of sp³-hybridized carbons (Fsp3) is 0.158. The summed E-state index contributed by atoms with van der Waals surface area (Å²) in [7, 11) is 1.65. The molecule has 132 valence electrons. The molecule has 0 fully saturated rings. The number of nitrogens with zero attached hydrogens (tertiary/aromatic N) is 1. The maximum absolute atomic E-state index is 12.3. The number of aromatic nitrogens is 3. The molecule has 4 rings (SSSR count). The lowest BCUT2D eigenvalue weighted by Gasteiger charge is -2.04. The van der Waals surface area contributed by atoms with E-state index in [4.69, 9.17) is 9.15 Å². The third kappa shape index (κ3) is 3.06. The van der Waals surface area contributed by atoms with E-state index in [0.29, 0.717) is 30.1 Å². The monoisotopic (exact) mass is 350 g/mol. The van der Waals surface area contributed by atoms with Gasteiger partial charge in [0.05, 0.1) is 13.4 Å². The van der Waals surface area contributed by atoms with Crippen LogP contribution in [0.25, 0.3) is 22.4 Å². The summed E-state index contributed by atoms with van der Waals surface area (Å²) in [5.41, 5.74) is 3.17. The van der Waals surface area contributed by atoms with E-state index in [2.05, 4.69) is 20.5 Å². The van der Waals surface area contributed by atoms with Crippen molar-refractivity contribution < 1.29 is 13.9 Å². The van der Waals surface area contributed by atoms with Gasteiger partial charge < -0.3 is 19.5 Å². The minimum atomic E-state index is -0.225. The molecule has 3 N–H and O–H groups in total. The average molecular weight is 350 g/mol. The number of furan rings is 1. The molecule has 3 aromatic heterocycles. The number of aromatic amines is 2. The van der Waals surface area contributed by atoms with E-state index in [0.717, 1.165) is 22.2 Å². The predicted octanol–water partition coefficient (Wildman–Crippen LogP) is 3.13. The Kier molecular flexibility index (Phi) is 4.18. The molecule has 1 aromatic carbocycles. The van der Waals surface area contributed by atoms with E-state index >= 15 is 0 Å². The highest BCUT2D eigenvalue weighted by molar-refractivity contribution is 5.93. The summed E-state index contributed by atoms with van der Waals surface area (Å²) in [6, 6.07) is 11.2. The zero-order valence-corrected chi connectivity index (χ0v) is 14.2. The third-order valence-electron chi connectivity index (χ3n) is 4.25. The molecular formula is C19H18N4O3. The van der Waals surface area contributed by atoms with Gasteiger partial charge in [0.25, 0.3) is 5.91 Å². The number of nitrogens with one attached hydrogen (secondary N) is 3. The Morgan fingerprint density at radius 2 is 2.23 bits per heavy atom. The Labute approximate surface area is 149 Å². The lowest BCUT2D eigenvalue weighted by Crippen LogP contribution is -2.25. The van der Waals surface area contributed by atoms with Gasteiger partial charge in [0, 0.05) is 29.7 Å². The number of rotatable bonds is 6. The second-order valence-corrected chi connectivity index (χ2v) is 5.88. The molecular weight excluding hydrogens is 332 g/mol. The third-order valence-corrected chi connectivity index (χ3v) is 4.25. The van der Waals surface area contributed by atoms with Crippen molar-refractivity contribution in [1.29, 1.82) is 0 Å². The second kappa shape index (κ2) is 6.79. The number of carbonyl (C=O) groups is 1. The van der Waals surface area contributed by atoms with Crippen LogP contribution in [0, 0.1) is 0 Å². The molecule has 0 atom stereocenters.